The van der Waals surface area contributed by atoms with Gasteiger partial charge in [0.25, 0.3) is 5.91 Å². The van der Waals surface area contributed by atoms with Crippen molar-refractivity contribution in [1.29, 1.82) is 0 Å². The number of para-hydroxylation sites is 2. The third kappa shape index (κ3) is 5.99. The third-order valence-electron chi connectivity index (χ3n) is 5.54. The minimum absolute atomic E-state index is 0.185. The topological polar surface area (TPSA) is 46.0 Å². The Morgan fingerprint density at radius 3 is 2.78 bits per heavy atom. The lowest BCUT2D eigenvalue weighted by Gasteiger charge is -2.34. The van der Waals surface area contributed by atoms with E-state index in [2.05, 4.69) is 28.4 Å². The van der Waals surface area contributed by atoms with Gasteiger partial charge in [0.1, 0.15) is 5.75 Å². The zero-order valence-corrected chi connectivity index (χ0v) is 16.6. The van der Waals surface area contributed by atoms with Gasteiger partial charge in [0.15, 0.2) is 6.54 Å². The summed E-state index contributed by atoms with van der Waals surface area (Å²) in [6, 6.07) is 8.24. The quantitative estimate of drug-likeness (QED) is 0.684. The Morgan fingerprint density at radius 2 is 2.04 bits per heavy atom. The second-order valence-electron chi connectivity index (χ2n) is 7.52. The molecule has 0 radical (unpaired) electrons. The number of piperazine rings is 1. The number of nitrogens with zero attached hydrogens (tertiary/aromatic N) is 1. The van der Waals surface area contributed by atoms with E-state index in [1.165, 1.54) is 41.8 Å². The summed E-state index contributed by atoms with van der Waals surface area (Å²) in [5, 5.41) is 3.11. The maximum Gasteiger partial charge on any atom is 0.275 e. The van der Waals surface area contributed by atoms with Gasteiger partial charge in [-0.15, -0.1) is 0 Å². The SMILES string of the molecule is CCOc1ccccc1N1CC[NH+](CC(=O)NCCC2=CCCCC2)CC1. The van der Waals surface area contributed by atoms with Gasteiger partial charge in [-0.2, -0.15) is 0 Å². The molecule has 1 saturated heterocycles. The van der Waals surface area contributed by atoms with E-state index in [9.17, 15) is 4.79 Å². The van der Waals surface area contributed by atoms with E-state index in [0.29, 0.717) is 13.2 Å². The van der Waals surface area contributed by atoms with Crippen LogP contribution in [0.1, 0.15) is 39.0 Å². The largest absolute Gasteiger partial charge is 0.492 e. The number of allylic oxidation sites excluding steroid dienone is 1. The highest BCUT2D eigenvalue weighted by Crippen LogP contribution is 2.27. The molecule has 148 valence electrons. The molecule has 0 aromatic heterocycles. The number of anilines is 1. The zero-order valence-electron chi connectivity index (χ0n) is 16.6. The van der Waals surface area contributed by atoms with E-state index in [1.54, 1.807) is 0 Å². The van der Waals surface area contributed by atoms with Gasteiger partial charge in [0, 0.05) is 6.54 Å². The molecule has 1 fully saturated rings. The second kappa shape index (κ2) is 10.4. The van der Waals surface area contributed by atoms with E-state index < -0.39 is 0 Å². The highest BCUT2D eigenvalue weighted by molar-refractivity contribution is 5.76. The number of amides is 1. The number of ether oxygens (including phenoxy) is 1. The summed E-state index contributed by atoms with van der Waals surface area (Å²) in [6.07, 6.45) is 8.43. The first-order valence-corrected chi connectivity index (χ1v) is 10.5. The van der Waals surface area contributed by atoms with E-state index in [0.717, 1.165) is 44.9 Å². The Hall–Kier alpha value is -2.01. The number of carbonyl (C=O) groups excluding carboxylic acids is 1. The van der Waals surface area contributed by atoms with Gasteiger partial charge in [-0.1, -0.05) is 23.8 Å². The lowest BCUT2D eigenvalue weighted by atomic mass is 9.97. The van der Waals surface area contributed by atoms with Crippen molar-refractivity contribution in [2.45, 2.75) is 39.0 Å². The lowest BCUT2D eigenvalue weighted by molar-refractivity contribution is -0.892. The van der Waals surface area contributed by atoms with E-state index in [4.69, 9.17) is 4.74 Å². The molecule has 0 bridgehead atoms. The van der Waals surface area contributed by atoms with Crippen molar-refractivity contribution in [1.82, 2.24) is 5.32 Å². The molecule has 1 aliphatic heterocycles. The van der Waals surface area contributed by atoms with Gasteiger partial charge in [-0.05, 0) is 51.2 Å². The first-order valence-electron chi connectivity index (χ1n) is 10.5. The summed E-state index contributed by atoms with van der Waals surface area (Å²) >= 11 is 0. The molecule has 1 heterocycles. The minimum atomic E-state index is 0.185. The van der Waals surface area contributed by atoms with Crippen LogP contribution in [0, 0.1) is 0 Å². The molecular formula is C22H34N3O2+. The number of quaternary nitrogens is 1. The molecule has 1 aliphatic carbocycles. The fraction of sp³-hybridized carbons (Fsp3) is 0.591. The molecule has 0 unspecified atom stereocenters. The van der Waals surface area contributed by atoms with Gasteiger partial charge in [-0.3, -0.25) is 4.79 Å². The Bertz CT molecular complexity index is 636. The molecule has 0 saturated carbocycles. The number of carbonyl (C=O) groups is 1. The van der Waals surface area contributed by atoms with Gasteiger partial charge in [0.2, 0.25) is 0 Å². The van der Waals surface area contributed by atoms with Gasteiger partial charge in [-0.25, -0.2) is 0 Å². The molecule has 5 nitrogen and oxygen atoms in total. The van der Waals surface area contributed by atoms with Gasteiger partial charge in [0.05, 0.1) is 38.5 Å². The number of hydrogen-bond acceptors (Lipinski definition) is 3. The lowest BCUT2D eigenvalue weighted by Crippen LogP contribution is -3.15. The van der Waals surface area contributed by atoms with Crippen molar-refractivity contribution >= 4 is 11.6 Å². The predicted molar refractivity (Wildman–Crippen MR) is 110 cm³/mol. The summed E-state index contributed by atoms with van der Waals surface area (Å²) in [7, 11) is 0. The Kier molecular flexibility index (Phi) is 7.57. The standard InChI is InChI=1S/C22H33N3O2/c1-2-27-21-11-7-6-10-20(21)25-16-14-24(15-17-25)18-22(26)23-13-12-19-8-4-3-5-9-19/h6-8,10-11H,2-5,9,12-18H2,1H3,(H,23,26)/p+1. The molecule has 3 rings (SSSR count). The van der Waals surface area contributed by atoms with E-state index in [1.807, 2.05) is 19.1 Å². The fourth-order valence-corrected chi connectivity index (χ4v) is 4.02. The van der Waals surface area contributed by atoms with E-state index >= 15 is 0 Å². The van der Waals surface area contributed by atoms with Crippen LogP contribution in [0.3, 0.4) is 0 Å². The average molecular weight is 373 g/mol. The van der Waals surface area contributed by atoms with Crippen LogP contribution < -0.4 is 19.9 Å². The molecule has 0 atom stereocenters. The van der Waals surface area contributed by atoms with Crippen LogP contribution >= 0.6 is 0 Å². The number of benzene rings is 1. The monoisotopic (exact) mass is 372 g/mol. The summed E-state index contributed by atoms with van der Waals surface area (Å²) in [5.41, 5.74) is 2.69. The number of hydrogen-bond donors (Lipinski definition) is 2. The Labute approximate surface area is 163 Å². The molecule has 2 N–H and O–H groups in total. The smallest absolute Gasteiger partial charge is 0.275 e. The summed E-state index contributed by atoms with van der Waals surface area (Å²) in [6.45, 7) is 7.95. The van der Waals surface area contributed by atoms with Crippen LogP contribution in [0.25, 0.3) is 0 Å². The third-order valence-corrected chi connectivity index (χ3v) is 5.54. The molecule has 0 spiro atoms. The molecule has 1 aromatic carbocycles. The molecule has 5 heteroatoms. The summed E-state index contributed by atoms with van der Waals surface area (Å²) in [5.74, 6) is 1.14. The van der Waals surface area contributed by atoms with Crippen LogP contribution in [-0.2, 0) is 4.79 Å². The maximum atomic E-state index is 12.3. The Morgan fingerprint density at radius 1 is 1.22 bits per heavy atom. The predicted octanol–water partition coefficient (Wildman–Crippen LogP) is 1.80. The highest BCUT2D eigenvalue weighted by atomic mass is 16.5. The van der Waals surface area contributed by atoms with Crippen LogP contribution in [0.2, 0.25) is 0 Å². The van der Waals surface area contributed by atoms with Crippen molar-refractivity contribution in [2.75, 3.05) is 50.8 Å². The molecular weight excluding hydrogens is 338 g/mol. The van der Waals surface area contributed by atoms with E-state index in [-0.39, 0.29) is 5.91 Å². The van der Waals surface area contributed by atoms with Crippen molar-refractivity contribution in [2.24, 2.45) is 0 Å². The number of rotatable bonds is 8. The first-order chi connectivity index (χ1) is 13.3. The average Bonchev–Trinajstić information content (AvgIpc) is 2.70. The fourth-order valence-electron chi connectivity index (χ4n) is 4.02. The van der Waals surface area contributed by atoms with Crippen LogP contribution in [-0.4, -0.2) is 51.8 Å². The van der Waals surface area contributed by atoms with Crippen LogP contribution in [0.4, 0.5) is 5.69 Å². The maximum absolute atomic E-state index is 12.3. The van der Waals surface area contributed by atoms with Crippen LogP contribution in [0.15, 0.2) is 35.9 Å². The second-order valence-corrected chi connectivity index (χ2v) is 7.52. The minimum Gasteiger partial charge on any atom is -0.492 e. The normalized spacial score (nSPS) is 18.1. The van der Waals surface area contributed by atoms with Crippen LogP contribution in [0.5, 0.6) is 5.75 Å². The first kappa shape index (κ1) is 19.7. The number of nitrogens with one attached hydrogen (secondary N) is 2. The zero-order chi connectivity index (χ0) is 18.9. The van der Waals surface area contributed by atoms with Crippen molar-refractivity contribution in [3.8, 4) is 5.75 Å². The Balaban J connectivity index is 1.39. The van der Waals surface area contributed by atoms with Gasteiger partial charge >= 0.3 is 0 Å². The molecule has 2 aliphatic rings. The van der Waals surface area contributed by atoms with Crippen molar-refractivity contribution in [3.63, 3.8) is 0 Å². The summed E-state index contributed by atoms with van der Waals surface area (Å²) < 4.78 is 5.76. The highest BCUT2D eigenvalue weighted by Gasteiger charge is 2.23. The van der Waals surface area contributed by atoms with Crippen molar-refractivity contribution < 1.29 is 14.4 Å². The van der Waals surface area contributed by atoms with Crippen molar-refractivity contribution in [3.05, 3.63) is 35.9 Å². The van der Waals surface area contributed by atoms with Gasteiger partial charge < -0.3 is 19.9 Å². The molecule has 1 amide bonds. The summed E-state index contributed by atoms with van der Waals surface area (Å²) in [4.78, 5) is 16.0. The molecule has 1 aromatic rings. The molecule has 27 heavy (non-hydrogen) atoms.